The van der Waals surface area contributed by atoms with Crippen LogP contribution in [0.15, 0.2) is 23.6 Å². The average Bonchev–Trinajstić information content (AvgIpc) is 3.38. The summed E-state index contributed by atoms with van der Waals surface area (Å²) < 4.78 is 5.46. The first-order valence-corrected chi connectivity index (χ1v) is 11.7. The minimum Gasteiger partial charge on any atom is -0.455 e. The van der Waals surface area contributed by atoms with E-state index in [2.05, 4.69) is 4.98 Å². The van der Waals surface area contributed by atoms with Gasteiger partial charge in [-0.2, -0.15) is 0 Å². The Morgan fingerprint density at radius 2 is 2.03 bits per heavy atom. The molecule has 30 heavy (non-hydrogen) atoms. The highest BCUT2D eigenvalue weighted by Gasteiger charge is 2.23. The molecule has 0 N–H and O–H groups in total. The van der Waals surface area contributed by atoms with Crippen LogP contribution >= 0.6 is 34.3 Å². The lowest BCUT2D eigenvalue weighted by Gasteiger charge is -2.22. The summed E-state index contributed by atoms with van der Waals surface area (Å²) in [5.74, 6) is -0.514. The number of thiazole rings is 1. The van der Waals surface area contributed by atoms with Gasteiger partial charge in [0.2, 0.25) is 5.91 Å². The number of ether oxygens (including phenoxy) is 1. The van der Waals surface area contributed by atoms with Gasteiger partial charge in [-0.3, -0.25) is 9.69 Å². The van der Waals surface area contributed by atoms with Crippen molar-refractivity contribution in [3.8, 4) is 0 Å². The van der Waals surface area contributed by atoms with Gasteiger partial charge in [-0.1, -0.05) is 17.7 Å². The number of halogens is 1. The second-order valence-corrected chi connectivity index (χ2v) is 9.76. The predicted octanol–water partition coefficient (Wildman–Crippen LogP) is 6.01. The van der Waals surface area contributed by atoms with E-state index in [1.807, 2.05) is 32.0 Å². The Bertz CT molecular complexity index is 1090. The van der Waals surface area contributed by atoms with E-state index in [0.717, 1.165) is 30.4 Å². The molecule has 0 radical (unpaired) electrons. The molecular formula is C22H21ClN2O3S2. The van der Waals surface area contributed by atoms with Crippen LogP contribution in [0, 0.1) is 13.8 Å². The molecule has 0 fully saturated rings. The van der Waals surface area contributed by atoms with E-state index in [-0.39, 0.29) is 18.5 Å². The van der Waals surface area contributed by atoms with Crippen LogP contribution in [0.5, 0.6) is 0 Å². The molecular weight excluding hydrogens is 440 g/mol. The maximum Gasteiger partial charge on any atom is 0.348 e. The lowest BCUT2D eigenvalue weighted by molar-refractivity contribution is -0.115. The number of rotatable bonds is 5. The van der Waals surface area contributed by atoms with E-state index in [9.17, 15) is 9.59 Å². The molecule has 156 valence electrons. The molecule has 0 saturated carbocycles. The number of fused-ring (bicyclic) bond motifs is 1. The summed E-state index contributed by atoms with van der Waals surface area (Å²) >= 11 is 9.28. The fourth-order valence-corrected chi connectivity index (χ4v) is 6.10. The SMILES string of the molecule is CC(=O)N(c1nc(COC(=O)c2cc3c(s2)CCC3)cs1)c1c(C)cc(C)cc1Cl. The lowest BCUT2D eigenvalue weighted by atomic mass is 10.1. The van der Waals surface area contributed by atoms with Crippen molar-refractivity contribution in [1.29, 1.82) is 0 Å². The first-order valence-electron chi connectivity index (χ1n) is 9.64. The van der Waals surface area contributed by atoms with Crippen molar-refractivity contribution in [2.75, 3.05) is 4.90 Å². The minimum atomic E-state index is -0.329. The number of anilines is 2. The first kappa shape index (κ1) is 21.0. The maximum absolute atomic E-state index is 12.4. The largest absolute Gasteiger partial charge is 0.455 e. The maximum atomic E-state index is 12.4. The molecule has 0 bridgehead atoms. The van der Waals surface area contributed by atoms with E-state index in [1.54, 1.807) is 5.38 Å². The molecule has 0 spiro atoms. The fourth-order valence-electron chi connectivity index (χ4n) is 3.68. The van der Waals surface area contributed by atoms with Crippen LogP contribution in [0.1, 0.15) is 50.3 Å². The molecule has 1 aromatic carbocycles. The Labute approximate surface area is 188 Å². The van der Waals surface area contributed by atoms with Gasteiger partial charge in [0.15, 0.2) is 5.13 Å². The number of nitrogens with zero attached hydrogens (tertiary/aromatic N) is 2. The van der Waals surface area contributed by atoms with Gasteiger partial charge in [-0.15, -0.1) is 22.7 Å². The zero-order chi connectivity index (χ0) is 21.4. The minimum absolute atomic E-state index is 0.0598. The van der Waals surface area contributed by atoms with Crippen molar-refractivity contribution in [2.45, 2.75) is 46.6 Å². The Morgan fingerprint density at radius 1 is 1.23 bits per heavy atom. The average molecular weight is 461 g/mol. The third kappa shape index (κ3) is 4.15. The van der Waals surface area contributed by atoms with E-state index in [0.29, 0.717) is 26.4 Å². The Morgan fingerprint density at radius 3 is 2.73 bits per heavy atom. The molecule has 0 atom stereocenters. The summed E-state index contributed by atoms with van der Waals surface area (Å²) in [5.41, 5.74) is 4.41. The lowest BCUT2D eigenvalue weighted by Crippen LogP contribution is -2.24. The van der Waals surface area contributed by atoms with Gasteiger partial charge in [-0.05, 0) is 61.9 Å². The van der Waals surface area contributed by atoms with Crippen molar-refractivity contribution in [1.82, 2.24) is 4.98 Å². The van der Waals surface area contributed by atoms with Crippen LogP contribution in [0.25, 0.3) is 0 Å². The second-order valence-electron chi connectivity index (χ2n) is 7.38. The predicted molar refractivity (Wildman–Crippen MR) is 121 cm³/mol. The molecule has 1 aliphatic carbocycles. The standard InChI is InChI=1S/C22H21ClN2O3S2/c1-12-7-13(2)20(17(23)8-12)25(14(3)26)22-24-16(11-29-22)10-28-21(27)19-9-15-5-4-6-18(15)30-19/h7-9,11H,4-6,10H2,1-3H3. The van der Waals surface area contributed by atoms with Gasteiger partial charge < -0.3 is 4.74 Å². The van der Waals surface area contributed by atoms with Crippen LogP contribution in [0.2, 0.25) is 5.02 Å². The number of carbonyl (C=O) groups is 2. The van der Waals surface area contributed by atoms with E-state index in [4.69, 9.17) is 16.3 Å². The summed E-state index contributed by atoms with van der Waals surface area (Å²) in [6, 6.07) is 5.75. The molecule has 1 amide bonds. The Hall–Kier alpha value is -2.22. The van der Waals surface area contributed by atoms with E-state index < -0.39 is 0 Å². The Kier molecular flexibility index (Phi) is 5.95. The number of aromatic nitrogens is 1. The smallest absolute Gasteiger partial charge is 0.348 e. The highest BCUT2D eigenvalue weighted by Crippen LogP contribution is 2.37. The molecule has 3 aromatic rings. The number of hydrogen-bond donors (Lipinski definition) is 0. The van der Waals surface area contributed by atoms with Crippen molar-refractivity contribution < 1.29 is 14.3 Å². The van der Waals surface area contributed by atoms with Crippen LogP contribution in [-0.2, 0) is 29.0 Å². The monoisotopic (exact) mass is 460 g/mol. The van der Waals surface area contributed by atoms with Crippen molar-refractivity contribution in [2.24, 2.45) is 0 Å². The Balaban J connectivity index is 1.50. The number of esters is 1. The molecule has 0 saturated heterocycles. The molecule has 8 heteroatoms. The quantitative estimate of drug-likeness (QED) is 0.438. The normalized spacial score (nSPS) is 12.7. The van der Waals surface area contributed by atoms with Crippen molar-refractivity contribution in [3.05, 3.63) is 60.7 Å². The van der Waals surface area contributed by atoms with E-state index >= 15 is 0 Å². The molecule has 4 rings (SSSR count). The highest BCUT2D eigenvalue weighted by molar-refractivity contribution is 7.14. The number of aryl methyl sites for hydroxylation is 4. The van der Waals surface area contributed by atoms with E-state index in [1.165, 1.54) is 44.9 Å². The third-order valence-corrected chi connectivity index (χ3v) is 7.35. The molecule has 2 aromatic heterocycles. The number of thiophene rings is 1. The van der Waals surface area contributed by atoms with Gasteiger partial charge in [0.05, 0.1) is 16.4 Å². The van der Waals surface area contributed by atoms with Crippen molar-refractivity contribution >= 4 is 57.0 Å². The topological polar surface area (TPSA) is 59.5 Å². The third-order valence-electron chi connectivity index (χ3n) is 4.97. The van der Waals surface area contributed by atoms with Gasteiger partial charge >= 0.3 is 5.97 Å². The van der Waals surface area contributed by atoms with Crippen LogP contribution in [-0.4, -0.2) is 16.9 Å². The zero-order valence-electron chi connectivity index (χ0n) is 17.0. The van der Waals surface area contributed by atoms with Gasteiger partial charge in [0.25, 0.3) is 0 Å². The number of benzene rings is 1. The molecule has 5 nitrogen and oxygen atoms in total. The van der Waals surface area contributed by atoms with Gasteiger partial charge in [0, 0.05) is 17.2 Å². The van der Waals surface area contributed by atoms with Crippen LogP contribution in [0.3, 0.4) is 0 Å². The molecule has 1 aliphatic rings. The second kappa shape index (κ2) is 8.49. The van der Waals surface area contributed by atoms with Gasteiger partial charge in [-0.25, -0.2) is 9.78 Å². The first-order chi connectivity index (χ1) is 14.3. The molecule has 0 unspecified atom stereocenters. The number of amides is 1. The summed E-state index contributed by atoms with van der Waals surface area (Å²) in [7, 11) is 0. The zero-order valence-corrected chi connectivity index (χ0v) is 19.3. The number of carbonyl (C=O) groups excluding carboxylic acids is 2. The highest BCUT2D eigenvalue weighted by atomic mass is 35.5. The summed E-state index contributed by atoms with van der Waals surface area (Å²) in [6.45, 7) is 5.41. The molecule has 0 aliphatic heterocycles. The molecule has 2 heterocycles. The van der Waals surface area contributed by atoms with Crippen molar-refractivity contribution in [3.63, 3.8) is 0 Å². The van der Waals surface area contributed by atoms with Crippen LogP contribution < -0.4 is 4.90 Å². The van der Waals surface area contributed by atoms with Crippen LogP contribution in [0.4, 0.5) is 10.8 Å². The summed E-state index contributed by atoms with van der Waals surface area (Å²) in [5, 5.41) is 2.79. The fraction of sp³-hybridized carbons (Fsp3) is 0.318. The van der Waals surface area contributed by atoms with Gasteiger partial charge in [0.1, 0.15) is 11.5 Å². The number of hydrogen-bond acceptors (Lipinski definition) is 6. The summed E-state index contributed by atoms with van der Waals surface area (Å²) in [6.07, 6.45) is 3.25. The summed E-state index contributed by atoms with van der Waals surface area (Å²) in [4.78, 5) is 32.8.